The maximum absolute atomic E-state index is 11.5. The Kier molecular flexibility index (Phi) is 12.4. The van der Waals surface area contributed by atoms with Crippen LogP contribution in [0.4, 0.5) is 0 Å². The van der Waals surface area contributed by atoms with E-state index in [-0.39, 0.29) is 11.9 Å². The second kappa shape index (κ2) is 12.8. The minimum Gasteiger partial charge on any atom is -0.463 e. The van der Waals surface area contributed by atoms with Crippen molar-refractivity contribution in [3.8, 4) is 0 Å². The van der Waals surface area contributed by atoms with Gasteiger partial charge in [0.2, 0.25) is 0 Å². The zero-order valence-electron chi connectivity index (χ0n) is 12.2. The number of carbonyl (C=O) groups is 1. The minimum atomic E-state index is -0.0929. The molecule has 0 aliphatic carbocycles. The zero-order valence-corrected chi connectivity index (χ0v) is 12.2. The van der Waals surface area contributed by atoms with Crippen LogP contribution >= 0.6 is 0 Å². The fraction of sp³-hybridized carbons (Fsp3) is 0.929. The molecule has 4 nitrogen and oxygen atoms in total. The monoisotopic (exact) mass is 259 g/mol. The van der Waals surface area contributed by atoms with E-state index in [0.717, 1.165) is 25.9 Å². The summed E-state index contributed by atoms with van der Waals surface area (Å²) in [6.07, 6.45) is 4.10. The van der Waals surface area contributed by atoms with E-state index in [9.17, 15) is 4.79 Å². The lowest BCUT2D eigenvalue weighted by atomic mass is 10.0. The highest BCUT2D eigenvalue weighted by atomic mass is 16.6. The van der Waals surface area contributed by atoms with E-state index in [1.54, 1.807) is 0 Å². The van der Waals surface area contributed by atoms with Gasteiger partial charge in [0.05, 0.1) is 19.1 Å². The average molecular weight is 259 g/mol. The van der Waals surface area contributed by atoms with Crippen LogP contribution in [-0.2, 0) is 14.3 Å². The van der Waals surface area contributed by atoms with Gasteiger partial charge in [-0.15, -0.1) is 0 Å². The Morgan fingerprint density at radius 1 is 1.06 bits per heavy atom. The first-order valence-corrected chi connectivity index (χ1v) is 7.21. The summed E-state index contributed by atoms with van der Waals surface area (Å²) < 4.78 is 10.5. The van der Waals surface area contributed by atoms with Crippen LogP contribution in [0.1, 0.15) is 46.5 Å². The predicted octanol–water partition coefficient (Wildman–Crippen LogP) is 2.37. The van der Waals surface area contributed by atoms with Gasteiger partial charge in [-0.1, -0.05) is 27.2 Å². The van der Waals surface area contributed by atoms with Crippen LogP contribution in [0.5, 0.6) is 0 Å². The first-order chi connectivity index (χ1) is 8.76. The molecule has 0 fully saturated rings. The molecule has 0 aromatic heterocycles. The fourth-order valence-electron chi connectivity index (χ4n) is 1.61. The lowest BCUT2D eigenvalue weighted by molar-refractivity contribution is -0.150. The van der Waals surface area contributed by atoms with E-state index in [4.69, 9.17) is 9.47 Å². The van der Waals surface area contributed by atoms with Gasteiger partial charge in [-0.05, 0) is 25.8 Å². The van der Waals surface area contributed by atoms with Crippen LogP contribution in [0.15, 0.2) is 0 Å². The number of nitrogens with one attached hydrogen (secondary N) is 1. The highest BCUT2D eigenvalue weighted by Gasteiger charge is 2.14. The van der Waals surface area contributed by atoms with Gasteiger partial charge in [0.1, 0.15) is 6.61 Å². The highest BCUT2D eigenvalue weighted by Crippen LogP contribution is 2.09. The fourth-order valence-corrected chi connectivity index (χ4v) is 1.61. The number of hydrogen-bond acceptors (Lipinski definition) is 4. The van der Waals surface area contributed by atoms with Crippen molar-refractivity contribution in [2.24, 2.45) is 5.92 Å². The standard InChI is InChI=1S/C14H29NO3/c1-4-7-8-15-9-10-17-11-12-18-14(16)13(5-2)6-3/h13,15H,4-12H2,1-3H3. The molecule has 0 aromatic rings. The van der Waals surface area contributed by atoms with Crippen molar-refractivity contribution < 1.29 is 14.3 Å². The summed E-state index contributed by atoms with van der Waals surface area (Å²) >= 11 is 0. The molecule has 4 heteroatoms. The molecule has 0 saturated heterocycles. The van der Waals surface area contributed by atoms with Crippen molar-refractivity contribution >= 4 is 5.97 Å². The molecule has 0 saturated carbocycles. The zero-order chi connectivity index (χ0) is 13.6. The van der Waals surface area contributed by atoms with E-state index >= 15 is 0 Å². The molecule has 0 amide bonds. The van der Waals surface area contributed by atoms with Gasteiger partial charge in [0.25, 0.3) is 0 Å². The molecule has 0 bridgehead atoms. The summed E-state index contributed by atoms with van der Waals surface area (Å²) in [5.74, 6) is -0.0506. The number of hydrogen-bond donors (Lipinski definition) is 1. The van der Waals surface area contributed by atoms with Gasteiger partial charge in [0, 0.05) is 6.54 Å². The van der Waals surface area contributed by atoms with Gasteiger partial charge in [-0.2, -0.15) is 0 Å². The lowest BCUT2D eigenvalue weighted by Crippen LogP contribution is -2.23. The van der Waals surface area contributed by atoms with E-state index in [2.05, 4.69) is 12.2 Å². The topological polar surface area (TPSA) is 47.6 Å². The Labute approximate surface area is 111 Å². The molecule has 0 rings (SSSR count). The first-order valence-electron chi connectivity index (χ1n) is 7.21. The van der Waals surface area contributed by atoms with Crippen molar-refractivity contribution in [1.29, 1.82) is 0 Å². The number of esters is 1. The molecule has 1 N–H and O–H groups in total. The van der Waals surface area contributed by atoms with Gasteiger partial charge in [-0.3, -0.25) is 4.79 Å². The molecule has 0 aliphatic rings. The smallest absolute Gasteiger partial charge is 0.308 e. The molecule has 0 aromatic carbocycles. The molecule has 18 heavy (non-hydrogen) atoms. The SMILES string of the molecule is CCCCNCCOCCOC(=O)C(CC)CC. The van der Waals surface area contributed by atoms with Gasteiger partial charge < -0.3 is 14.8 Å². The van der Waals surface area contributed by atoms with Crippen LogP contribution in [0.2, 0.25) is 0 Å². The number of carbonyl (C=O) groups excluding carboxylic acids is 1. The number of unbranched alkanes of at least 4 members (excludes halogenated alkanes) is 1. The molecular formula is C14H29NO3. The summed E-state index contributed by atoms with van der Waals surface area (Å²) in [6.45, 7) is 9.62. The maximum Gasteiger partial charge on any atom is 0.308 e. The Morgan fingerprint density at radius 3 is 2.39 bits per heavy atom. The third-order valence-electron chi connectivity index (χ3n) is 2.92. The Balaban J connectivity index is 3.27. The van der Waals surface area contributed by atoms with Gasteiger partial charge in [-0.25, -0.2) is 0 Å². The van der Waals surface area contributed by atoms with Crippen LogP contribution in [0.3, 0.4) is 0 Å². The third-order valence-corrected chi connectivity index (χ3v) is 2.92. The molecular weight excluding hydrogens is 230 g/mol. The van der Waals surface area contributed by atoms with E-state index in [0.29, 0.717) is 19.8 Å². The van der Waals surface area contributed by atoms with E-state index in [1.165, 1.54) is 12.8 Å². The lowest BCUT2D eigenvalue weighted by Gasteiger charge is -2.12. The van der Waals surface area contributed by atoms with Crippen LogP contribution in [0.25, 0.3) is 0 Å². The second-order valence-electron chi connectivity index (χ2n) is 4.40. The normalized spacial score (nSPS) is 10.9. The summed E-state index contributed by atoms with van der Waals surface area (Å²) in [4.78, 5) is 11.5. The maximum atomic E-state index is 11.5. The first kappa shape index (κ1) is 17.4. The minimum absolute atomic E-state index is 0.0423. The average Bonchev–Trinajstić information content (AvgIpc) is 2.38. The molecule has 108 valence electrons. The number of rotatable bonds is 12. The van der Waals surface area contributed by atoms with Crippen LogP contribution in [-0.4, -0.2) is 38.9 Å². The number of ether oxygens (including phenoxy) is 2. The predicted molar refractivity (Wildman–Crippen MR) is 73.6 cm³/mol. The van der Waals surface area contributed by atoms with Crippen LogP contribution in [0, 0.1) is 5.92 Å². The van der Waals surface area contributed by atoms with Crippen molar-refractivity contribution in [2.45, 2.75) is 46.5 Å². The molecule has 0 atom stereocenters. The van der Waals surface area contributed by atoms with Crippen LogP contribution < -0.4 is 5.32 Å². The van der Waals surface area contributed by atoms with Gasteiger partial charge in [0.15, 0.2) is 0 Å². The quantitative estimate of drug-likeness (QED) is 0.432. The largest absolute Gasteiger partial charge is 0.463 e. The van der Waals surface area contributed by atoms with Crippen molar-refractivity contribution in [1.82, 2.24) is 5.32 Å². The summed E-state index contributed by atoms with van der Waals surface area (Å²) in [7, 11) is 0. The Bertz CT molecular complexity index is 193. The summed E-state index contributed by atoms with van der Waals surface area (Å²) in [5.41, 5.74) is 0. The van der Waals surface area contributed by atoms with Crippen molar-refractivity contribution in [2.75, 3.05) is 32.9 Å². The molecule has 0 heterocycles. The van der Waals surface area contributed by atoms with Crippen molar-refractivity contribution in [3.63, 3.8) is 0 Å². The summed E-state index contributed by atoms with van der Waals surface area (Å²) in [5, 5.41) is 3.29. The van der Waals surface area contributed by atoms with Gasteiger partial charge >= 0.3 is 5.97 Å². The van der Waals surface area contributed by atoms with E-state index < -0.39 is 0 Å². The highest BCUT2D eigenvalue weighted by molar-refractivity contribution is 5.72. The second-order valence-corrected chi connectivity index (χ2v) is 4.40. The van der Waals surface area contributed by atoms with Crippen molar-refractivity contribution in [3.05, 3.63) is 0 Å². The molecule has 0 aliphatic heterocycles. The molecule has 0 unspecified atom stereocenters. The third kappa shape index (κ3) is 9.42. The Hall–Kier alpha value is -0.610. The molecule has 0 radical (unpaired) electrons. The Morgan fingerprint density at radius 2 is 1.78 bits per heavy atom. The molecule has 0 spiro atoms. The van der Waals surface area contributed by atoms with E-state index in [1.807, 2.05) is 13.8 Å². The summed E-state index contributed by atoms with van der Waals surface area (Å²) in [6, 6.07) is 0.